The van der Waals surface area contributed by atoms with Crippen LogP contribution in [0, 0.1) is 13.8 Å². The Bertz CT molecular complexity index is 584. The molecule has 1 unspecified atom stereocenters. The highest BCUT2D eigenvalue weighted by atomic mass is 15.3. The Morgan fingerprint density at radius 1 is 1.20 bits per heavy atom. The third-order valence-electron chi connectivity index (χ3n) is 4.08. The summed E-state index contributed by atoms with van der Waals surface area (Å²) in [4.78, 5) is 0. The molecule has 2 rings (SSSR count). The average molecular weight is 271 g/mol. The lowest BCUT2D eigenvalue weighted by atomic mass is 9.98. The zero-order chi connectivity index (χ0) is 14.7. The van der Waals surface area contributed by atoms with Crippen LogP contribution in [0.1, 0.15) is 41.0 Å². The molecule has 1 aromatic carbocycles. The van der Waals surface area contributed by atoms with Crippen molar-refractivity contribution >= 4 is 0 Å². The molecule has 3 heteroatoms. The number of aromatic nitrogens is 2. The first kappa shape index (κ1) is 14.8. The number of hydrogen-bond acceptors (Lipinski definition) is 2. The topological polar surface area (TPSA) is 29.9 Å². The smallest absolute Gasteiger partial charge is 0.0624 e. The molecular formula is C17H25N3. The second-order valence-corrected chi connectivity index (χ2v) is 5.49. The molecule has 3 nitrogen and oxygen atoms in total. The van der Waals surface area contributed by atoms with Crippen molar-refractivity contribution in [3.8, 4) is 0 Å². The van der Waals surface area contributed by atoms with Crippen LogP contribution in [0.15, 0.2) is 24.3 Å². The molecule has 0 aliphatic carbocycles. The predicted octanol–water partition coefficient (Wildman–Crippen LogP) is 3.10. The van der Waals surface area contributed by atoms with E-state index in [2.05, 4.69) is 55.5 Å². The van der Waals surface area contributed by atoms with Crippen LogP contribution in [-0.2, 0) is 19.9 Å². The van der Waals surface area contributed by atoms with Gasteiger partial charge in [-0.1, -0.05) is 25.1 Å². The summed E-state index contributed by atoms with van der Waals surface area (Å²) in [6.07, 6.45) is 1.95. The molecule has 0 amide bonds. The summed E-state index contributed by atoms with van der Waals surface area (Å²) in [5.74, 6) is 0. The summed E-state index contributed by atoms with van der Waals surface area (Å²) < 4.78 is 2.00. The van der Waals surface area contributed by atoms with Crippen LogP contribution in [0.5, 0.6) is 0 Å². The fourth-order valence-electron chi connectivity index (χ4n) is 2.51. The fourth-order valence-corrected chi connectivity index (χ4v) is 2.51. The van der Waals surface area contributed by atoms with Gasteiger partial charge >= 0.3 is 0 Å². The Balaban J connectivity index is 2.23. The van der Waals surface area contributed by atoms with Crippen LogP contribution in [0.4, 0.5) is 0 Å². The maximum atomic E-state index is 4.53. The van der Waals surface area contributed by atoms with Gasteiger partial charge in [-0.05, 0) is 50.1 Å². The van der Waals surface area contributed by atoms with Crippen molar-refractivity contribution in [2.45, 2.75) is 39.7 Å². The molecule has 0 bridgehead atoms. The third-order valence-corrected chi connectivity index (χ3v) is 4.08. The molecule has 1 heterocycles. The quantitative estimate of drug-likeness (QED) is 0.905. The molecule has 0 aliphatic heterocycles. The van der Waals surface area contributed by atoms with Crippen LogP contribution in [0.3, 0.4) is 0 Å². The summed E-state index contributed by atoms with van der Waals surface area (Å²) in [5, 5.41) is 7.96. The third kappa shape index (κ3) is 3.10. The van der Waals surface area contributed by atoms with Gasteiger partial charge in [-0.2, -0.15) is 5.10 Å². The molecule has 1 atom stereocenters. The maximum absolute atomic E-state index is 4.53. The number of benzene rings is 1. The van der Waals surface area contributed by atoms with Gasteiger partial charge in [0.25, 0.3) is 0 Å². The molecule has 0 saturated heterocycles. The van der Waals surface area contributed by atoms with Gasteiger partial charge in [0, 0.05) is 25.2 Å². The van der Waals surface area contributed by atoms with Crippen LogP contribution in [0.2, 0.25) is 0 Å². The van der Waals surface area contributed by atoms with E-state index in [0.717, 1.165) is 18.5 Å². The van der Waals surface area contributed by atoms with Gasteiger partial charge in [-0.3, -0.25) is 4.68 Å². The minimum absolute atomic E-state index is 0.328. The Morgan fingerprint density at radius 3 is 2.50 bits per heavy atom. The van der Waals surface area contributed by atoms with Crippen molar-refractivity contribution in [3.05, 3.63) is 52.3 Å². The lowest BCUT2D eigenvalue weighted by Gasteiger charge is -2.18. The van der Waals surface area contributed by atoms with Gasteiger partial charge in [-0.15, -0.1) is 0 Å². The monoisotopic (exact) mass is 271 g/mol. The first-order valence-electron chi connectivity index (χ1n) is 7.31. The minimum Gasteiger partial charge on any atom is -0.313 e. The maximum Gasteiger partial charge on any atom is 0.0624 e. The lowest BCUT2D eigenvalue weighted by molar-refractivity contribution is 0.560. The highest BCUT2D eigenvalue weighted by molar-refractivity contribution is 5.32. The van der Waals surface area contributed by atoms with E-state index in [1.54, 1.807) is 0 Å². The molecule has 20 heavy (non-hydrogen) atoms. The summed E-state index contributed by atoms with van der Waals surface area (Å²) >= 11 is 0. The average Bonchev–Trinajstić information content (AvgIpc) is 2.80. The highest BCUT2D eigenvalue weighted by Gasteiger charge is 2.14. The van der Waals surface area contributed by atoms with E-state index in [0.29, 0.717) is 6.04 Å². The fraction of sp³-hybridized carbons (Fsp3) is 0.471. The second kappa shape index (κ2) is 6.23. The van der Waals surface area contributed by atoms with E-state index >= 15 is 0 Å². The first-order chi connectivity index (χ1) is 9.55. The Morgan fingerprint density at radius 2 is 1.95 bits per heavy atom. The number of hydrogen-bond donors (Lipinski definition) is 1. The van der Waals surface area contributed by atoms with Crippen LogP contribution < -0.4 is 5.32 Å². The normalized spacial score (nSPS) is 12.7. The summed E-state index contributed by atoms with van der Waals surface area (Å²) in [6, 6.07) is 9.25. The molecule has 0 spiro atoms. The van der Waals surface area contributed by atoms with E-state index in [4.69, 9.17) is 0 Å². The Labute approximate surface area is 122 Å². The molecular weight excluding hydrogens is 246 g/mol. The van der Waals surface area contributed by atoms with E-state index in [1.807, 2.05) is 18.8 Å². The van der Waals surface area contributed by atoms with Crippen LogP contribution >= 0.6 is 0 Å². The van der Waals surface area contributed by atoms with Gasteiger partial charge in [-0.25, -0.2) is 0 Å². The number of nitrogens with zero attached hydrogens (tertiary/aromatic N) is 2. The molecule has 108 valence electrons. The zero-order valence-electron chi connectivity index (χ0n) is 13.2. The largest absolute Gasteiger partial charge is 0.313 e. The summed E-state index contributed by atoms with van der Waals surface area (Å²) in [5.41, 5.74) is 6.48. The summed E-state index contributed by atoms with van der Waals surface area (Å²) in [7, 11) is 4.05. The molecule has 1 aromatic heterocycles. The van der Waals surface area contributed by atoms with Crippen molar-refractivity contribution in [1.82, 2.24) is 15.1 Å². The molecule has 2 aromatic rings. The van der Waals surface area contributed by atoms with Crippen molar-refractivity contribution < 1.29 is 0 Å². The van der Waals surface area contributed by atoms with Gasteiger partial charge < -0.3 is 5.32 Å². The molecule has 0 saturated carbocycles. The van der Waals surface area contributed by atoms with E-state index in [1.165, 1.54) is 22.4 Å². The second-order valence-electron chi connectivity index (χ2n) is 5.49. The van der Waals surface area contributed by atoms with E-state index in [-0.39, 0.29) is 0 Å². The number of aryl methyl sites for hydroxylation is 4. The lowest BCUT2D eigenvalue weighted by Crippen LogP contribution is -2.20. The van der Waals surface area contributed by atoms with Crippen molar-refractivity contribution in [3.63, 3.8) is 0 Å². The minimum atomic E-state index is 0.328. The number of rotatable bonds is 5. The molecule has 0 radical (unpaired) electrons. The zero-order valence-corrected chi connectivity index (χ0v) is 13.2. The molecule has 0 aliphatic rings. The van der Waals surface area contributed by atoms with Gasteiger partial charge in [0.1, 0.15) is 0 Å². The van der Waals surface area contributed by atoms with Gasteiger partial charge in [0.2, 0.25) is 0 Å². The van der Waals surface area contributed by atoms with Crippen LogP contribution in [0.25, 0.3) is 0 Å². The standard InChI is InChI=1S/C17H25N3/c1-6-15-10-16(20(5)19-15)11-17(18-4)14-8-7-12(2)13(3)9-14/h7-10,17-18H,6,11H2,1-5H3. The van der Waals surface area contributed by atoms with Gasteiger partial charge in [0.05, 0.1) is 5.69 Å². The van der Waals surface area contributed by atoms with Gasteiger partial charge in [0.15, 0.2) is 0 Å². The number of nitrogens with one attached hydrogen (secondary N) is 1. The summed E-state index contributed by atoms with van der Waals surface area (Å²) in [6.45, 7) is 6.47. The predicted molar refractivity (Wildman–Crippen MR) is 84.0 cm³/mol. The highest BCUT2D eigenvalue weighted by Crippen LogP contribution is 2.21. The Kier molecular flexibility index (Phi) is 4.61. The number of likely N-dealkylation sites (N-methyl/N-ethyl adjacent to an activating group) is 1. The van der Waals surface area contributed by atoms with E-state index < -0.39 is 0 Å². The molecule has 1 N–H and O–H groups in total. The van der Waals surface area contributed by atoms with Crippen molar-refractivity contribution in [2.24, 2.45) is 7.05 Å². The van der Waals surface area contributed by atoms with E-state index in [9.17, 15) is 0 Å². The van der Waals surface area contributed by atoms with Crippen molar-refractivity contribution in [1.29, 1.82) is 0 Å². The molecule has 0 fully saturated rings. The SMILES string of the molecule is CCc1cc(CC(NC)c2ccc(C)c(C)c2)n(C)n1. The van der Waals surface area contributed by atoms with Crippen LogP contribution in [-0.4, -0.2) is 16.8 Å². The van der Waals surface area contributed by atoms with Crippen molar-refractivity contribution in [2.75, 3.05) is 7.05 Å². The Hall–Kier alpha value is -1.61. The first-order valence-corrected chi connectivity index (χ1v) is 7.31.